The number of carbonyl (C=O) groups excluding carboxylic acids is 3. The Bertz CT molecular complexity index is 1400. The summed E-state index contributed by atoms with van der Waals surface area (Å²) in [4.78, 5) is 52.1. The fraction of sp³-hybridized carbons (Fsp3) is 0.697. The number of aliphatic carboxylic acids is 1. The molecule has 0 aliphatic carbocycles. The normalized spacial score (nSPS) is 30.0. The standard InChI is InChI=1S/C33H50N4O12/c1-17-9-20(10-18(2)25(17)41)28(43)34-13-23(40)26(42)27-24(35-19(3)38)22(39)12-33(48-27,29(44)45)11-21-14-47-16-32(36-21)7-8-37(15-32)30(46)49-31(4,5)6/h9-10,21-24,26-27,36,39-42H,7-8,11-16H2,1-6H3,(H,34,43)(H,35,38)(H,44,45)/t21-,22+,23-,24-,26-,27-,32-,33-/m1/s1. The Hall–Kier alpha value is -3.54. The number of carboxylic acid groups (broad SMARTS) is 1. The van der Waals surface area contributed by atoms with E-state index in [9.17, 15) is 44.7 Å². The van der Waals surface area contributed by atoms with Crippen LogP contribution in [0.15, 0.2) is 12.1 Å². The molecule has 3 amide bonds. The Morgan fingerprint density at radius 2 is 1.82 bits per heavy atom. The van der Waals surface area contributed by atoms with Gasteiger partial charge in [-0.3, -0.25) is 9.59 Å². The highest BCUT2D eigenvalue weighted by Crippen LogP contribution is 2.37. The van der Waals surface area contributed by atoms with Crippen molar-refractivity contribution in [3.05, 3.63) is 28.8 Å². The molecule has 49 heavy (non-hydrogen) atoms. The molecule has 3 saturated heterocycles. The third-order valence-corrected chi connectivity index (χ3v) is 9.17. The van der Waals surface area contributed by atoms with Gasteiger partial charge in [-0.15, -0.1) is 0 Å². The number of benzene rings is 1. The van der Waals surface area contributed by atoms with Crippen LogP contribution in [0.3, 0.4) is 0 Å². The number of aliphatic hydroxyl groups is 3. The van der Waals surface area contributed by atoms with Crippen molar-refractivity contribution >= 4 is 23.9 Å². The van der Waals surface area contributed by atoms with E-state index >= 15 is 0 Å². The van der Waals surface area contributed by atoms with Gasteiger partial charge in [-0.2, -0.15) is 0 Å². The number of carboxylic acids is 1. The third-order valence-electron chi connectivity index (χ3n) is 9.17. The minimum atomic E-state index is -2.09. The number of hydrogen-bond donors (Lipinski definition) is 8. The van der Waals surface area contributed by atoms with E-state index < -0.39 is 90.1 Å². The number of phenolic OH excluding ortho intramolecular Hbond substituents is 1. The molecule has 1 spiro atoms. The zero-order valence-corrected chi connectivity index (χ0v) is 28.8. The molecule has 16 heteroatoms. The Morgan fingerprint density at radius 3 is 2.41 bits per heavy atom. The minimum absolute atomic E-state index is 0.0436. The number of likely N-dealkylation sites (tertiary alicyclic amines) is 1. The lowest BCUT2D eigenvalue weighted by atomic mass is 9.79. The number of aryl methyl sites for hydroxylation is 2. The average molecular weight is 695 g/mol. The monoisotopic (exact) mass is 694 g/mol. The summed E-state index contributed by atoms with van der Waals surface area (Å²) in [5.41, 5.74) is -2.32. The van der Waals surface area contributed by atoms with Crippen molar-refractivity contribution in [1.29, 1.82) is 0 Å². The van der Waals surface area contributed by atoms with Crippen LogP contribution in [0.2, 0.25) is 0 Å². The van der Waals surface area contributed by atoms with Gasteiger partial charge in [-0.25, -0.2) is 9.59 Å². The van der Waals surface area contributed by atoms with E-state index in [2.05, 4.69) is 16.0 Å². The van der Waals surface area contributed by atoms with Gasteiger partial charge in [-0.05, 0) is 64.3 Å². The van der Waals surface area contributed by atoms with E-state index in [0.29, 0.717) is 24.1 Å². The predicted molar refractivity (Wildman–Crippen MR) is 173 cm³/mol. The topological polar surface area (TPSA) is 236 Å². The number of aromatic hydroxyl groups is 1. The Balaban J connectivity index is 1.49. The van der Waals surface area contributed by atoms with E-state index in [1.165, 1.54) is 19.1 Å². The first-order valence-electron chi connectivity index (χ1n) is 16.4. The van der Waals surface area contributed by atoms with E-state index in [0.717, 1.165) is 0 Å². The van der Waals surface area contributed by atoms with Crippen molar-refractivity contribution in [2.75, 3.05) is 32.8 Å². The van der Waals surface area contributed by atoms with Crippen molar-refractivity contribution in [1.82, 2.24) is 20.9 Å². The van der Waals surface area contributed by atoms with E-state index in [1.807, 2.05) is 0 Å². The van der Waals surface area contributed by atoms with E-state index in [4.69, 9.17) is 14.2 Å². The number of rotatable bonds is 9. The second-order valence-electron chi connectivity index (χ2n) is 14.6. The van der Waals surface area contributed by atoms with Gasteiger partial charge >= 0.3 is 12.1 Å². The minimum Gasteiger partial charge on any atom is -0.507 e. The maximum absolute atomic E-state index is 12.9. The summed E-state index contributed by atoms with van der Waals surface area (Å²) in [6.07, 6.45) is -7.34. The molecule has 3 fully saturated rings. The zero-order chi connectivity index (χ0) is 36.5. The van der Waals surface area contributed by atoms with Crippen molar-refractivity contribution in [3.8, 4) is 5.75 Å². The summed E-state index contributed by atoms with van der Waals surface area (Å²) < 4.78 is 17.5. The van der Waals surface area contributed by atoms with Crippen LogP contribution in [0.5, 0.6) is 5.75 Å². The molecule has 0 aromatic heterocycles. The van der Waals surface area contributed by atoms with Gasteiger partial charge in [0.05, 0.1) is 37.0 Å². The molecule has 8 N–H and O–H groups in total. The average Bonchev–Trinajstić information content (AvgIpc) is 3.40. The quantitative estimate of drug-likeness (QED) is 0.166. The summed E-state index contributed by atoms with van der Waals surface area (Å²) >= 11 is 0. The highest BCUT2D eigenvalue weighted by Gasteiger charge is 2.56. The van der Waals surface area contributed by atoms with Gasteiger partial charge in [0, 0.05) is 51.0 Å². The van der Waals surface area contributed by atoms with Gasteiger partial charge < -0.3 is 60.6 Å². The van der Waals surface area contributed by atoms with Gasteiger partial charge in [0.15, 0.2) is 5.60 Å². The summed E-state index contributed by atoms with van der Waals surface area (Å²) in [6.45, 7) is 10.3. The second kappa shape index (κ2) is 14.7. The molecule has 3 aliphatic rings. The predicted octanol–water partition coefficient (Wildman–Crippen LogP) is -0.303. The Morgan fingerprint density at radius 1 is 1.16 bits per heavy atom. The number of nitrogens with one attached hydrogen (secondary N) is 3. The fourth-order valence-corrected chi connectivity index (χ4v) is 6.85. The molecule has 1 aromatic rings. The SMILES string of the molecule is CC(=O)N[C@H]1[C@H]([C@H](O)[C@H](O)CNC(=O)c2cc(C)c(O)c(C)c2)O[C@@](C[C@@H]2COC[C@]3(CCN(C(=O)OC(C)(C)C)C3)N2)(C(=O)O)C[C@@H]1O. The van der Waals surface area contributed by atoms with Crippen molar-refractivity contribution in [2.45, 2.75) is 114 Å². The van der Waals surface area contributed by atoms with Crippen molar-refractivity contribution in [2.24, 2.45) is 0 Å². The molecule has 1 aromatic carbocycles. The first-order valence-corrected chi connectivity index (χ1v) is 16.4. The Labute approximate surface area is 285 Å². The number of hydrogen-bond acceptors (Lipinski definition) is 12. The van der Waals surface area contributed by atoms with Crippen molar-refractivity contribution < 1.29 is 58.9 Å². The lowest BCUT2D eigenvalue weighted by molar-refractivity contribution is -0.232. The van der Waals surface area contributed by atoms with Crippen LogP contribution in [0.4, 0.5) is 4.79 Å². The summed E-state index contributed by atoms with van der Waals surface area (Å²) in [5, 5.41) is 62.5. The van der Waals surface area contributed by atoms with E-state index in [-0.39, 0.29) is 37.5 Å². The molecule has 8 atom stereocenters. The second-order valence-corrected chi connectivity index (χ2v) is 14.6. The van der Waals surface area contributed by atoms with Crippen LogP contribution in [0.25, 0.3) is 0 Å². The molecule has 274 valence electrons. The van der Waals surface area contributed by atoms with Crippen LogP contribution >= 0.6 is 0 Å². The largest absolute Gasteiger partial charge is 0.507 e. The number of nitrogens with zero attached hydrogens (tertiary/aromatic N) is 1. The molecule has 0 radical (unpaired) electrons. The summed E-state index contributed by atoms with van der Waals surface area (Å²) in [7, 11) is 0. The first kappa shape index (κ1) is 38.3. The molecule has 0 unspecified atom stereocenters. The maximum Gasteiger partial charge on any atom is 0.410 e. The highest BCUT2D eigenvalue weighted by molar-refractivity contribution is 5.94. The summed E-state index contributed by atoms with van der Waals surface area (Å²) in [5.74, 6) is -2.58. The van der Waals surface area contributed by atoms with Crippen molar-refractivity contribution in [3.63, 3.8) is 0 Å². The maximum atomic E-state index is 12.9. The smallest absolute Gasteiger partial charge is 0.410 e. The zero-order valence-electron chi connectivity index (χ0n) is 28.8. The molecule has 4 rings (SSSR count). The highest BCUT2D eigenvalue weighted by atomic mass is 16.6. The first-order chi connectivity index (χ1) is 22.7. The van der Waals surface area contributed by atoms with Crippen LogP contribution < -0.4 is 16.0 Å². The number of morpholine rings is 1. The molecular weight excluding hydrogens is 644 g/mol. The molecule has 3 aliphatic heterocycles. The van der Waals surface area contributed by atoms with Gasteiger partial charge in [0.25, 0.3) is 5.91 Å². The number of phenols is 1. The van der Waals surface area contributed by atoms with Crippen LogP contribution in [0, 0.1) is 13.8 Å². The molecule has 0 bridgehead atoms. The summed E-state index contributed by atoms with van der Waals surface area (Å²) in [6, 6.07) is 1.00. The van der Waals surface area contributed by atoms with Gasteiger partial charge in [0.1, 0.15) is 23.6 Å². The number of aliphatic hydroxyl groups excluding tert-OH is 3. The van der Waals surface area contributed by atoms with Crippen LogP contribution in [-0.4, -0.2) is 140 Å². The molecule has 0 saturated carbocycles. The van der Waals surface area contributed by atoms with Gasteiger partial charge in [0.2, 0.25) is 5.91 Å². The number of amides is 3. The van der Waals surface area contributed by atoms with Gasteiger partial charge in [-0.1, -0.05) is 0 Å². The number of carbonyl (C=O) groups is 4. The lowest BCUT2D eigenvalue weighted by Gasteiger charge is -2.49. The molecule has 3 heterocycles. The lowest BCUT2D eigenvalue weighted by Crippen LogP contribution is -2.69. The molecule has 16 nitrogen and oxygen atoms in total. The number of ether oxygens (including phenoxy) is 3. The molecular formula is C33H50N4O12. The Kier molecular flexibility index (Phi) is 11.5. The fourth-order valence-electron chi connectivity index (χ4n) is 6.85. The van der Waals surface area contributed by atoms with Crippen LogP contribution in [0.1, 0.15) is 68.4 Å². The van der Waals surface area contributed by atoms with Crippen LogP contribution in [-0.2, 0) is 23.8 Å². The van der Waals surface area contributed by atoms with E-state index in [1.54, 1.807) is 39.5 Å². The third kappa shape index (κ3) is 8.98.